The van der Waals surface area contributed by atoms with Gasteiger partial charge in [0.2, 0.25) is 9.84 Å². The van der Waals surface area contributed by atoms with Gasteiger partial charge in [-0.3, -0.25) is 0 Å². The van der Waals surface area contributed by atoms with Crippen molar-refractivity contribution in [2.24, 2.45) is 0 Å². The predicted octanol–water partition coefficient (Wildman–Crippen LogP) is 0.892. The summed E-state index contributed by atoms with van der Waals surface area (Å²) in [6.45, 7) is 0. The molecule has 0 saturated heterocycles. The molecule has 0 bridgehead atoms. The maximum absolute atomic E-state index is 12.0. The molecule has 2 aromatic rings. The van der Waals surface area contributed by atoms with Crippen molar-refractivity contribution in [3.05, 3.63) is 42.7 Å². The number of nitrogens with zero attached hydrogens (tertiary/aromatic N) is 2. The standard InChI is InChI=1S/C10H9N3O2S/c11-8-4-5-10(13-7-8)16(14,15)9-3-1-2-6-12-9/h1-7H,11H2. The van der Waals surface area contributed by atoms with Crippen LogP contribution in [0, 0.1) is 0 Å². The molecule has 0 aliphatic heterocycles. The SMILES string of the molecule is Nc1ccc(S(=O)(=O)c2ccccn2)nc1. The van der Waals surface area contributed by atoms with Gasteiger partial charge >= 0.3 is 0 Å². The van der Waals surface area contributed by atoms with Crippen LogP contribution in [-0.2, 0) is 9.84 Å². The first-order valence-electron chi connectivity index (χ1n) is 4.48. The van der Waals surface area contributed by atoms with E-state index in [1.165, 1.54) is 30.6 Å². The monoisotopic (exact) mass is 235 g/mol. The van der Waals surface area contributed by atoms with Crippen molar-refractivity contribution in [3.8, 4) is 0 Å². The number of aromatic nitrogens is 2. The Morgan fingerprint density at radius 3 is 2.31 bits per heavy atom. The number of nitrogen functional groups attached to an aromatic ring is 1. The van der Waals surface area contributed by atoms with Crippen molar-refractivity contribution in [1.82, 2.24) is 9.97 Å². The van der Waals surface area contributed by atoms with E-state index in [4.69, 9.17) is 5.73 Å². The Balaban J connectivity index is 2.52. The molecule has 2 rings (SSSR count). The van der Waals surface area contributed by atoms with E-state index in [2.05, 4.69) is 9.97 Å². The second-order valence-corrected chi connectivity index (χ2v) is 4.94. The molecule has 0 fully saturated rings. The van der Waals surface area contributed by atoms with Crippen molar-refractivity contribution in [2.45, 2.75) is 10.1 Å². The largest absolute Gasteiger partial charge is 0.397 e. The van der Waals surface area contributed by atoms with Crippen LogP contribution in [0.25, 0.3) is 0 Å². The van der Waals surface area contributed by atoms with Crippen LogP contribution in [0.2, 0.25) is 0 Å². The summed E-state index contributed by atoms with van der Waals surface area (Å²) < 4.78 is 24.0. The van der Waals surface area contributed by atoms with Gasteiger partial charge in [-0.2, -0.15) is 0 Å². The van der Waals surface area contributed by atoms with Crippen molar-refractivity contribution in [1.29, 1.82) is 0 Å². The van der Waals surface area contributed by atoms with E-state index in [1.54, 1.807) is 12.1 Å². The lowest BCUT2D eigenvalue weighted by Gasteiger charge is -2.02. The predicted molar refractivity (Wildman–Crippen MR) is 58.3 cm³/mol. The van der Waals surface area contributed by atoms with Crippen LogP contribution in [0.5, 0.6) is 0 Å². The van der Waals surface area contributed by atoms with Gasteiger partial charge in [0.1, 0.15) is 0 Å². The molecule has 2 N–H and O–H groups in total. The molecule has 5 nitrogen and oxygen atoms in total. The third-order valence-electron chi connectivity index (χ3n) is 1.95. The van der Waals surface area contributed by atoms with Crippen LogP contribution < -0.4 is 5.73 Å². The van der Waals surface area contributed by atoms with E-state index in [0.717, 1.165) is 0 Å². The zero-order valence-electron chi connectivity index (χ0n) is 8.24. The lowest BCUT2D eigenvalue weighted by molar-refractivity contribution is 0.588. The number of nitrogens with two attached hydrogens (primary N) is 1. The Morgan fingerprint density at radius 1 is 1.00 bits per heavy atom. The van der Waals surface area contributed by atoms with E-state index in [1.807, 2.05) is 0 Å². The lowest BCUT2D eigenvalue weighted by atomic mass is 10.4. The van der Waals surface area contributed by atoms with Crippen LogP contribution in [-0.4, -0.2) is 18.4 Å². The first-order valence-corrected chi connectivity index (χ1v) is 5.97. The smallest absolute Gasteiger partial charge is 0.241 e. The minimum absolute atomic E-state index is 0.0210. The summed E-state index contributed by atoms with van der Waals surface area (Å²) in [4.78, 5) is 7.56. The fraction of sp³-hybridized carbons (Fsp3) is 0. The molecule has 0 saturated carbocycles. The second kappa shape index (κ2) is 3.90. The zero-order valence-corrected chi connectivity index (χ0v) is 9.05. The number of hydrogen-bond acceptors (Lipinski definition) is 5. The molecule has 82 valence electrons. The van der Waals surface area contributed by atoms with E-state index >= 15 is 0 Å². The molecule has 0 spiro atoms. The number of hydrogen-bond donors (Lipinski definition) is 1. The van der Waals surface area contributed by atoms with Gasteiger partial charge in [-0.05, 0) is 24.3 Å². The maximum atomic E-state index is 12.0. The Bertz CT molecular complexity index is 579. The van der Waals surface area contributed by atoms with Crippen LogP contribution >= 0.6 is 0 Å². The molecule has 0 aromatic carbocycles. The highest BCUT2D eigenvalue weighted by Gasteiger charge is 2.19. The van der Waals surface area contributed by atoms with Gasteiger partial charge in [0, 0.05) is 6.20 Å². The third kappa shape index (κ3) is 1.87. The van der Waals surface area contributed by atoms with Gasteiger partial charge in [0.05, 0.1) is 11.9 Å². The van der Waals surface area contributed by atoms with Crippen molar-refractivity contribution < 1.29 is 8.42 Å². The second-order valence-electron chi connectivity index (χ2n) is 3.10. The average molecular weight is 235 g/mol. The van der Waals surface area contributed by atoms with E-state index < -0.39 is 9.84 Å². The molecular weight excluding hydrogens is 226 g/mol. The highest BCUT2D eigenvalue weighted by atomic mass is 32.2. The quantitative estimate of drug-likeness (QED) is 0.835. The minimum Gasteiger partial charge on any atom is -0.397 e. The van der Waals surface area contributed by atoms with Crippen LogP contribution in [0.15, 0.2) is 52.8 Å². The summed E-state index contributed by atoms with van der Waals surface area (Å²) >= 11 is 0. The molecule has 0 atom stereocenters. The molecule has 2 aromatic heterocycles. The minimum atomic E-state index is -3.63. The Morgan fingerprint density at radius 2 is 1.75 bits per heavy atom. The van der Waals surface area contributed by atoms with Crippen molar-refractivity contribution in [3.63, 3.8) is 0 Å². The van der Waals surface area contributed by atoms with Crippen molar-refractivity contribution in [2.75, 3.05) is 5.73 Å². The fourth-order valence-electron chi connectivity index (χ4n) is 1.16. The highest BCUT2D eigenvalue weighted by molar-refractivity contribution is 7.91. The maximum Gasteiger partial charge on any atom is 0.241 e. The average Bonchev–Trinajstić information content (AvgIpc) is 2.31. The molecule has 0 aliphatic rings. The summed E-state index contributed by atoms with van der Waals surface area (Å²) in [5.41, 5.74) is 5.85. The van der Waals surface area contributed by atoms with Gasteiger partial charge in [-0.15, -0.1) is 0 Å². The molecule has 0 unspecified atom stereocenters. The molecule has 6 heteroatoms. The lowest BCUT2D eigenvalue weighted by Crippen LogP contribution is -2.06. The summed E-state index contributed by atoms with van der Waals surface area (Å²) in [6, 6.07) is 7.53. The number of anilines is 1. The van der Waals surface area contributed by atoms with Crippen molar-refractivity contribution >= 4 is 15.5 Å². The third-order valence-corrected chi connectivity index (χ3v) is 3.53. The fourth-order valence-corrected chi connectivity index (χ4v) is 2.27. The van der Waals surface area contributed by atoms with Crippen LogP contribution in [0.1, 0.15) is 0 Å². The van der Waals surface area contributed by atoms with Gasteiger partial charge in [-0.25, -0.2) is 18.4 Å². The molecule has 16 heavy (non-hydrogen) atoms. The molecular formula is C10H9N3O2S. The zero-order chi connectivity index (χ0) is 11.6. The van der Waals surface area contributed by atoms with Gasteiger partial charge < -0.3 is 5.73 Å². The number of rotatable bonds is 2. The normalized spacial score (nSPS) is 11.2. The summed E-state index contributed by atoms with van der Waals surface area (Å²) in [5, 5.41) is -0.0762. The summed E-state index contributed by atoms with van der Waals surface area (Å²) in [6.07, 6.45) is 2.72. The first-order chi connectivity index (χ1) is 7.60. The molecule has 0 amide bonds. The Hall–Kier alpha value is -1.95. The van der Waals surface area contributed by atoms with Gasteiger partial charge in [0.25, 0.3) is 0 Å². The van der Waals surface area contributed by atoms with E-state index in [0.29, 0.717) is 5.69 Å². The van der Waals surface area contributed by atoms with E-state index in [-0.39, 0.29) is 10.1 Å². The topological polar surface area (TPSA) is 85.9 Å². The van der Waals surface area contributed by atoms with Gasteiger partial charge in [0.15, 0.2) is 10.1 Å². The number of sulfone groups is 1. The molecule has 2 heterocycles. The van der Waals surface area contributed by atoms with Crippen LogP contribution in [0.4, 0.5) is 5.69 Å². The number of pyridine rings is 2. The summed E-state index contributed by atoms with van der Waals surface area (Å²) in [7, 11) is -3.63. The first kappa shape index (κ1) is 10.6. The van der Waals surface area contributed by atoms with Gasteiger partial charge in [-0.1, -0.05) is 6.07 Å². The summed E-state index contributed by atoms with van der Waals surface area (Å²) in [5.74, 6) is 0. The Labute approximate surface area is 92.9 Å². The van der Waals surface area contributed by atoms with E-state index in [9.17, 15) is 8.42 Å². The highest BCUT2D eigenvalue weighted by Crippen LogP contribution is 2.16. The van der Waals surface area contributed by atoms with Crippen LogP contribution in [0.3, 0.4) is 0 Å². The molecule has 0 aliphatic carbocycles. The Kier molecular flexibility index (Phi) is 2.57. The molecule has 0 radical (unpaired) electrons.